The highest BCUT2D eigenvalue weighted by molar-refractivity contribution is 5.75. The molecule has 1 aromatic rings. The SMILES string of the molecule is CCCOc1cnn(CC(N)C(=O)OC)c1. The number of rotatable bonds is 6. The lowest BCUT2D eigenvalue weighted by Crippen LogP contribution is -2.35. The Balaban J connectivity index is 2.48. The monoisotopic (exact) mass is 227 g/mol. The molecule has 2 N–H and O–H groups in total. The summed E-state index contributed by atoms with van der Waals surface area (Å²) in [7, 11) is 1.31. The van der Waals surface area contributed by atoms with Gasteiger partial charge in [-0.25, -0.2) is 0 Å². The van der Waals surface area contributed by atoms with Crippen LogP contribution in [0.4, 0.5) is 0 Å². The van der Waals surface area contributed by atoms with Crippen LogP contribution in [0.2, 0.25) is 0 Å². The van der Waals surface area contributed by atoms with Gasteiger partial charge in [-0.15, -0.1) is 0 Å². The third kappa shape index (κ3) is 3.54. The van der Waals surface area contributed by atoms with Crippen LogP contribution in [0, 0.1) is 0 Å². The van der Waals surface area contributed by atoms with Gasteiger partial charge in [0.25, 0.3) is 0 Å². The van der Waals surface area contributed by atoms with E-state index in [1.54, 1.807) is 17.1 Å². The lowest BCUT2D eigenvalue weighted by Gasteiger charge is -2.08. The number of nitrogens with two attached hydrogens (primary N) is 1. The molecule has 1 aromatic heterocycles. The first-order chi connectivity index (χ1) is 7.67. The molecule has 0 radical (unpaired) electrons. The van der Waals surface area contributed by atoms with Crippen LogP contribution < -0.4 is 10.5 Å². The van der Waals surface area contributed by atoms with E-state index in [9.17, 15) is 4.79 Å². The Morgan fingerprint density at radius 2 is 2.44 bits per heavy atom. The fraction of sp³-hybridized carbons (Fsp3) is 0.600. The van der Waals surface area contributed by atoms with Crippen molar-refractivity contribution in [2.24, 2.45) is 5.73 Å². The maximum Gasteiger partial charge on any atom is 0.324 e. The topological polar surface area (TPSA) is 79.4 Å². The van der Waals surface area contributed by atoms with Crippen LogP contribution in [0.5, 0.6) is 5.75 Å². The molecular weight excluding hydrogens is 210 g/mol. The molecular formula is C10H17N3O3. The predicted octanol–water partition coefficient (Wildman–Crippen LogP) is 0.172. The average molecular weight is 227 g/mol. The Bertz CT molecular complexity index is 338. The second kappa shape index (κ2) is 6.12. The Hall–Kier alpha value is -1.56. The molecule has 0 saturated carbocycles. The van der Waals surface area contributed by atoms with E-state index in [0.717, 1.165) is 6.42 Å². The van der Waals surface area contributed by atoms with E-state index in [0.29, 0.717) is 12.4 Å². The minimum atomic E-state index is -0.705. The van der Waals surface area contributed by atoms with Crippen LogP contribution in [-0.4, -0.2) is 35.5 Å². The molecule has 0 amide bonds. The first-order valence-corrected chi connectivity index (χ1v) is 5.16. The number of nitrogens with zero attached hydrogens (tertiary/aromatic N) is 2. The first-order valence-electron chi connectivity index (χ1n) is 5.16. The number of carbonyl (C=O) groups is 1. The van der Waals surface area contributed by atoms with Gasteiger partial charge < -0.3 is 15.2 Å². The van der Waals surface area contributed by atoms with Crippen LogP contribution in [0.25, 0.3) is 0 Å². The first kappa shape index (κ1) is 12.5. The molecule has 1 atom stereocenters. The summed E-state index contributed by atoms with van der Waals surface area (Å²) >= 11 is 0. The summed E-state index contributed by atoms with van der Waals surface area (Å²) in [5.74, 6) is 0.227. The van der Waals surface area contributed by atoms with Crippen molar-refractivity contribution in [2.45, 2.75) is 25.9 Å². The molecule has 0 aliphatic rings. The summed E-state index contributed by atoms with van der Waals surface area (Å²) in [6, 6.07) is -0.705. The van der Waals surface area contributed by atoms with Crippen molar-refractivity contribution in [3.63, 3.8) is 0 Å². The van der Waals surface area contributed by atoms with Crippen LogP contribution >= 0.6 is 0 Å². The summed E-state index contributed by atoms with van der Waals surface area (Å²) in [6.45, 7) is 2.95. The highest BCUT2D eigenvalue weighted by Gasteiger charge is 2.14. The maximum atomic E-state index is 11.1. The van der Waals surface area contributed by atoms with Gasteiger partial charge >= 0.3 is 5.97 Å². The van der Waals surface area contributed by atoms with Gasteiger partial charge in [-0.1, -0.05) is 6.92 Å². The third-order valence-electron chi connectivity index (χ3n) is 1.97. The minimum Gasteiger partial charge on any atom is -0.490 e. The van der Waals surface area contributed by atoms with Gasteiger partial charge in [-0.05, 0) is 6.42 Å². The lowest BCUT2D eigenvalue weighted by molar-refractivity contribution is -0.142. The van der Waals surface area contributed by atoms with Crippen molar-refractivity contribution in [3.05, 3.63) is 12.4 Å². The highest BCUT2D eigenvalue weighted by atomic mass is 16.5. The van der Waals surface area contributed by atoms with Crippen molar-refractivity contribution in [3.8, 4) is 5.75 Å². The molecule has 0 fully saturated rings. The van der Waals surface area contributed by atoms with Crippen molar-refractivity contribution in [1.29, 1.82) is 0 Å². The molecule has 6 nitrogen and oxygen atoms in total. The number of methoxy groups -OCH3 is 1. The molecule has 6 heteroatoms. The van der Waals surface area contributed by atoms with E-state index in [1.807, 2.05) is 6.92 Å². The summed E-state index contributed by atoms with van der Waals surface area (Å²) in [5.41, 5.74) is 5.59. The largest absolute Gasteiger partial charge is 0.490 e. The summed E-state index contributed by atoms with van der Waals surface area (Å²) in [6.07, 6.45) is 4.24. The molecule has 0 spiro atoms. The molecule has 0 aliphatic heterocycles. The van der Waals surface area contributed by atoms with E-state index < -0.39 is 12.0 Å². The average Bonchev–Trinajstić information content (AvgIpc) is 2.72. The van der Waals surface area contributed by atoms with E-state index in [4.69, 9.17) is 10.5 Å². The quantitative estimate of drug-likeness (QED) is 0.701. The molecule has 0 saturated heterocycles. The van der Waals surface area contributed by atoms with Crippen molar-refractivity contribution >= 4 is 5.97 Å². The van der Waals surface area contributed by atoms with Gasteiger partial charge in [0, 0.05) is 0 Å². The molecule has 1 heterocycles. The number of esters is 1. The Morgan fingerprint density at radius 3 is 3.06 bits per heavy atom. The summed E-state index contributed by atoms with van der Waals surface area (Å²) in [4.78, 5) is 11.1. The van der Waals surface area contributed by atoms with E-state index >= 15 is 0 Å². The Labute approximate surface area is 94.3 Å². The predicted molar refractivity (Wildman–Crippen MR) is 58.0 cm³/mol. The van der Waals surface area contributed by atoms with Crippen LogP contribution in [0.15, 0.2) is 12.4 Å². The number of aromatic nitrogens is 2. The van der Waals surface area contributed by atoms with Crippen LogP contribution in [0.3, 0.4) is 0 Å². The highest BCUT2D eigenvalue weighted by Crippen LogP contribution is 2.08. The van der Waals surface area contributed by atoms with Gasteiger partial charge in [-0.3, -0.25) is 9.48 Å². The fourth-order valence-electron chi connectivity index (χ4n) is 1.17. The molecule has 16 heavy (non-hydrogen) atoms. The Kier molecular flexibility index (Phi) is 4.78. The standard InChI is InChI=1S/C10H17N3O3/c1-3-4-16-8-5-12-13(6-8)7-9(11)10(14)15-2/h5-6,9H,3-4,7,11H2,1-2H3. The number of hydrogen-bond acceptors (Lipinski definition) is 5. The molecule has 0 bridgehead atoms. The van der Waals surface area contributed by atoms with Gasteiger partial charge in [0.05, 0.1) is 32.7 Å². The number of hydrogen-bond donors (Lipinski definition) is 1. The normalized spacial score (nSPS) is 12.2. The number of ether oxygens (including phenoxy) is 2. The van der Waals surface area contributed by atoms with Crippen molar-refractivity contribution in [2.75, 3.05) is 13.7 Å². The van der Waals surface area contributed by atoms with Gasteiger partial charge in [0.15, 0.2) is 5.75 Å². The fourth-order valence-corrected chi connectivity index (χ4v) is 1.17. The summed E-state index contributed by atoms with van der Waals surface area (Å²) < 4.78 is 11.4. The maximum absolute atomic E-state index is 11.1. The molecule has 1 rings (SSSR count). The number of carbonyl (C=O) groups excluding carboxylic acids is 1. The molecule has 0 aliphatic carbocycles. The third-order valence-corrected chi connectivity index (χ3v) is 1.97. The van der Waals surface area contributed by atoms with Gasteiger partial charge in [0.1, 0.15) is 6.04 Å². The zero-order valence-electron chi connectivity index (χ0n) is 9.55. The van der Waals surface area contributed by atoms with Crippen molar-refractivity contribution < 1.29 is 14.3 Å². The smallest absolute Gasteiger partial charge is 0.324 e. The lowest BCUT2D eigenvalue weighted by atomic mass is 10.3. The zero-order valence-corrected chi connectivity index (χ0v) is 9.55. The van der Waals surface area contributed by atoms with E-state index in [-0.39, 0.29) is 6.54 Å². The van der Waals surface area contributed by atoms with Gasteiger partial charge in [-0.2, -0.15) is 5.10 Å². The van der Waals surface area contributed by atoms with E-state index in [2.05, 4.69) is 9.84 Å². The zero-order chi connectivity index (χ0) is 12.0. The second-order valence-electron chi connectivity index (χ2n) is 3.38. The molecule has 0 aromatic carbocycles. The van der Waals surface area contributed by atoms with E-state index in [1.165, 1.54) is 7.11 Å². The van der Waals surface area contributed by atoms with Crippen LogP contribution in [-0.2, 0) is 16.1 Å². The van der Waals surface area contributed by atoms with Gasteiger partial charge in [0.2, 0.25) is 0 Å². The Morgan fingerprint density at radius 1 is 1.69 bits per heavy atom. The summed E-state index contributed by atoms with van der Waals surface area (Å²) in [5, 5.41) is 4.03. The van der Waals surface area contributed by atoms with Crippen molar-refractivity contribution in [1.82, 2.24) is 9.78 Å². The second-order valence-corrected chi connectivity index (χ2v) is 3.38. The molecule has 90 valence electrons. The minimum absolute atomic E-state index is 0.280. The van der Waals surface area contributed by atoms with Crippen LogP contribution in [0.1, 0.15) is 13.3 Å². The molecule has 1 unspecified atom stereocenters.